The van der Waals surface area contributed by atoms with Gasteiger partial charge in [0.25, 0.3) is 0 Å². The molecule has 0 atom stereocenters. The number of anilines is 3. The molecule has 7 aromatic carbocycles. The monoisotopic (exact) mass is 603 g/mol. The van der Waals surface area contributed by atoms with Crippen molar-refractivity contribution in [2.45, 2.75) is 38.5 Å². The number of fused-ring (bicyclic) bond motifs is 7. The molecule has 0 saturated carbocycles. The molecule has 0 radical (unpaired) electrons. The fourth-order valence-electron chi connectivity index (χ4n) is 8.32. The number of rotatable bonds is 4. The molecular weight excluding hydrogens is 567 g/mol. The van der Waals surface area contributed by atoms with Gasteiger partial charge in [-0.2, -0.15) is 0 Å². The average molecular weight is 604 g/mol. The van der Waals surface area contributed by atoms with Crippen LogP contribution in [0.3, 0.4) is 0 Å². The summed E-state index contributed by atoms with van der Waals surface area (Å²) in [6.07, 6.45) is 0. The lowest BCUT2D eigenvalue weighted by atomic mass is 9.82. The Morgan fingerprint density at radius 1 is 0.340 bits per heavy atom. The lowest BCUT2D eigenvalue weighted by molar-refractivity contribution is 0.660. The molecule has 9 rings (SSSR count). The third-order valence-electron chi connectivity index (χ3n) is 10.8. The number of hydrogen-bond donors (Lipinski definition) is 0. The Morgan fingerprint density at radius 3 is 1.68 bits per heavy atom. The Balaban J connectivity index is 1.24. The van der Waals surface area contributed by atoms with Crippen LogP contribution in [0, 0.1) is 0 Å². The maximum absolute atomic E-state index is 2.46. The SMILES string of the molecule is CC1(C)c2ccccc2-c2cc(N(c3cccc(-c4ccc5ccccc5c4)c3)c3ccc4c(c3)C(C)(C)c3ccccc3-4)ccc21. The largest absolute Gasteiger partial charge is 0.310 e. The van der Waals surface area contributed by atoms with E-state index in [1.807, 2.05) is 0 Å². The molecule has 226 valence electrons. The van der Waals surface area contributed by atoms with Crippen molar-refractivity contribution in [1.29, 1.82) is 0 Å². The molecule has 2 aliphatic rings. The quantitative estimate of drug-likeness (QED) is 0.193. The number of benzene rings is 7. The van der Waals surface area contributed by atoms with Gasteiger partial charge in [0.2, 0.25) is 0 Å². The molecule has 1 nitrogen and oxygen atoms in total. The van der Waals surface area contributed by atoms with Gasteiger partial charge in [-0.05, 0) is 109 Å². The zero-order chi connectivity index (χ0) is 31.9. The zero-order valence-electron chi connectivity index (χ0n) is 27.4. The van der Waals surface area contributed by atoms with Crippen molar-refractivity contribution in [1.82, 2.24) is 0 Å². The highest BCUT2D eigenvalue weighted by molar-refractivity contribution is 5.91. The standard InChI is InChI=1S/C46H37N/c1-45(2)42-19-10-8-17-38(42)40-28-35(23-25-43(40)45)47(36-22-24-39-37-16-7-9-18-41(37)46(3,4)44(39)29-36)34-15-11-14-32(27-34)33-21-20-30-12-5-6-13-31(30)26-33/h5-29H,1-4H3. The van der Waals surface area contributed by atoms with Gasteiger partial charge in [0, 0.05) is 27.9 Å². The molecule has 0 fully saturated rings. The second-order valence-corrected chi connectivity index (χ2v) is 14.2. The molecule has 2 aliphatic carbocycles. The van der Waals surface area contributed by atoms with Crippen LogP contribution in [0.25, 0.3) is 44.2 Å². The summed E-state index contributed by atoms with van der Waals surface area (Å²) in [5.74, 6) is 0. The van der Waals surface area contributed by atoms with Gasteiger partial charge in [-0.15, -0.1) is 0 Å². The Bertz CT molecular complexity index is 2370. The van der Waals surface area contributed by atoms with E-state index in [9.17, 15) is 0 Å². The molecule has 0 N–H and O–H groups in total. The predicted octanol–water partition coefficient (Wildman–Crippen LogP) is 12.6. The minimum Gasteiger partial charge on any atom is -0.310 e. The maximum Gasteiger partial charge on any atom is 0.0468 e. The normalized spacial score (nSPS) is 14.7. The molecule has 7 aromatic rings. The van der Waals surface area contributed by atoms with Crippen LogP contribution in [0.15, 0.2) is 152 Å². The molecule has 0 unspecified atom stereocenters. The van der Waals surface area contributed by atoms with E-state index >= 15 is 0 Å². The van der Waals surface area contributed by atoms with Crippen molar-refractivity contribution in [2.75, 3.05) is 4.90 Å². The molecule has 0 heterocycles. The van der Waals surface area contributed by atoms with E-state index in [1.54, 1.807) is 0 Å². The first-order valence-corrected chi connectivity index (χ1v) is 16.7. The van der Waals surface area contributed by atoms with Gasteiger partial charge in [0.05, 0.1) is 0 Å². The van der Waals surface area contributed by atoms with Crippen molar-refractivity contribution in [3.63, 3.8) is 0 Å². The molecule has 0 amide bonds. The highest BCUT2D eigenvalue weighted by atomic mass is 15.1. The van der Waals surface area contributed by atoms with Crippen molar-refractivity contribution in [3.8, 4) is 33.4 Å². The van der Waals surface area contributed by atoms with Gasteiger partial charge in [-0.3, -0.25) is 0 Å². The molecule has 1 heteroatoms. The topological polar surface area (TPSA) is 3.24 Å². The average Bonchev–Trinajstić information content (AvgIpc) is 3.47. The van der Waals surface area contributed by atoms with Crippen molar-refractivity contribution < 1.29 is 0 Å². The summed E-state index contributed by atoms with van der Waals surface area (Å²) >= 11 is 0. The molecule has 0 bridgehead atoms. The van der Waals surface area contributed by atoms with E-state index in [-0.39, 0.29) is 10.8 Å². The van der Waals surface area contributed by atoms with E-state index in [4.69, 9.17) is 0 Å². The minimum absolute atomic E-state index is 0.0331. The van der Waals surface area contributed by atoms with Crippen LogP contribution in [-0.2, 0) is 10.8 Å². The van der Waals surface area contributed by atoms with Crippen LogP contribution in [0.1, 0.15) is 49.9 Å². The molecule has 47 heavy (non-hydrogen) atoms. The minimum atomic E-state index is -0.0819. The van der Waals surface area contributed by atoms with Crippen molar-refractivity contribution in [3.05, 3.63) is 174 Å². The highest BCUT2D eigenvalue weighted by Gasteiger charge is 2.37. The van der Waals surface area contributed by atoms with E-state index < -0.39 is 0 Å². The Morgan fingerprint density at radius 2 is 0.894 bits per heavy atom. The van der Waals surface area contributed by atoms with E-state index in [2.05, 4.69) is 184 Å². The van der Waals surface area contributed by atoms with Crippen molar-refractivity contribution >= 4 is 27.8 Å². The van der Waals surface area contributed by atoms with E-state index in [0.29, 0.717) is 0 Å². The van der Waals surface area contributed by atoms with Crippen LogP contribution < -0.4 is 4.90 Å². The third kappa shape index (κ3) is 4.16. The van der Waals surface area contributed by atoms with Gasteiger partial charge in [-0.1, -0.05) is 137 Å². The van der Waals surface area contributed by atoms with Gasteiger partial charge >= 0.3 is 0 Å². The van der Waals surface area contributed by atoms with Gasteiger partial charge < -0.3 is 4.90 Å². The van der Waals surface area contributed by atoms with Crippen LogP contribution in [0.4, 0.5) is 17.1 Å². The van der Waals surface area contributed by atoms with Crippen LogP contribution in [0.5, 0.6) is 0 Å². The van der Waals surface area contributed by atoms with Gasteiger partial charge in [0.15, 0.2) is 0 Å². The first kappa shape index (κ1) is 27.9. The molecule has 0 aliphatic heterocycles. The van der Waals surface area contributed by atoms with Crippen LogP contribution in [0.2, 0.25) is 0 Å². The second kappa shape index (κ2) is 10.0. The molecule has 0 saturated heterocycles. The summed E-state index contributed by atoms with van der Waals surface area (Å²) < 4.78 is 0. The Hall–Kier alpha value is -5.40. The smallest absolute Gasteiger partial charge is 0.0468 e. The molecule has 0 spiro atoms. The van der Waals surface area contributed by atoms with Gasteiger partial charge in [-0.25, -0.2) is 0 Å². The van der Waals surface area contributed by atoms with Crippen molar-refractivity contribution in [2.24, 2.45) is 0 Å². The first-order valence-electron chi connectivity index (χ1n) is 16.7. The number of hydrogen-bond acceptors (Lipinski definition) is 1. The highest BCUT2D eigenvalue weighted by Crippen LogP contribution is 2.53. The summed E-state index contributed by atoms with van der Waals surface area (Å²) in [4.78, 5) is 2.46. The second-order valence-electron chi connectivity index (χ2n) is 14.2. The summed E-state index contributed by atoms with van der Waals surface area (Å²) in [7, 11) is 0. The summed E-state index contributed by atoms with van der Waals surface area (Å²) in [5.41, 5.74) is 16.7. The first-order chi connectivity index (χ1) is 22.8. The van der Waals surface area contributed by atoms with Gasteiger partial charge in [0.1, 0.15) is 0 Å². The lowest BCUT2D eigenvalue weighted by Crippen LogP contribution is -2.17. The Labute approximate surface area is 277 Å². The molecule has 0 aromatic heterocycles. The van der Waals surface area contributed by atoms with E-state index in [0.717, 1.165) is 5.69 Å². The third-order valence-corrected chi connectivity index (χ3v) is 10.8. The summed E-state index contributed by atoms with van der Waals surface area (Å²) in [6, 6.07) is 56.4. The van der Waals surface area contributed by atoms with Crippen LogP contribution in [-0.4, -0.2) is 0 Å². The predicted molar refractivity (Wildman–Crippen MR) is 199 cm³/mol. The maximum atomic E-state index is 2.46. The summed E-state index contributed by atoms with van der Waals surface area (Å²) in [5, 5.41) is 2.52. The fourth-order valence-corrected chi connectivity index (χ4v) is 8.32. The lowest BCUT2D eigenvalue weighted by Gasteiger charge is -2.29. The van der Waals surface area contributed by atoms with E-state index in [1.165, 1.54) is 77.8 Å². The molecular formula is C46H37N. The number of nitrogens with zero attached hydrogens (tertiary/aromatic N) is 1. The summed E-state index contributed by atoms with van der Waals surface area (Å²) in [6.45, 7) is 9.42. The fraction of sp³-hybridized carbons (Fsp3) is 0.130. The Kier molecular flexibility index (Phi) is 5.96. The van der Waals surface area contributed by atoms with Crippen LogP contribution >= 0.6 is 0 Å². The zero-order valence-corrected chi connectivity index (χ0v) is 27.4.